The van der Waals surface area contributed by atoms with Crippen molar-refractivity contribution in [3.8, 4) is 11.5 Å². The number of ether oxygens (including phenoxy) is 3. The molecule has 1 aromatic heterocycles. The summed E-state index contributed by atoms with van der Waals surface area (Å²) < 4.78 is 17.4. The van der Waals surface area contributed by atoms with E-state index in [0.717, 1.165) is 60.8 Å². The van der Waals surface area contributed by atoms with Crippen LogP contribution < -0.4 is 14.4 Å². The smallest absolute Gasteiger partial charge is 0.233 e. The monoisotopic (exact) mass is 455 g/mol. The molecule has 3 aromatic rings. The van der Waals surface area contributed by atoms with Crippen LogP contribution in [0.3, 0.4) is 0 Å². The molecule has 0 radical (unpaired) electrons. The lowest BCUT2D eigenvalue weighted by atomic mass is 10.1. The second kappa shape index (κ2) is 10.8. The predicted molar refractivity (Wildman–Crippen MR) is 127 cm³/mol. The van der Waals surface area contributed by atoms with Crippen LogP contribution in [0.15, 0.2) is 42.5 Å². The number of hydrogen-bond donors (Lipinski definition) is 0. The van der Waals surface area contributed by atoms with Gasteiger partial charge in [-0.15, -0.1) is 0 Å². The number of benzene rings is 2. The van der Waals surface area contributed by atoms with Crippen molar-refractivity contribution in [3.63, 3.8) is 0 Å². The quantitative estimate of drug-likeness (QED) is 0.491. The molecular weight excluding hydrogens is 426 g/mol. The first-order valence-corrected chi connectivity index (χ1v) is 11.7. The number of carbonyl (C=O) groups is 1. The third kappa shape index (κ3) is 5.20. The Bertz CT molecular complexity index is 993. The lowest BCUT2D eigenvalue weighted by Gasteiger charge is -2.27. The van der Waals surface area contributed by atoms with E-state index in [9.17, 15) is 4.79 Å². The van der Waals surface area contributed by atoms with Crippen molar-refractivity contribution in [2.24, 2.45) is 0 Å². The van der Waals surface area contributed by atoms with E-state index in [1.165, 1.54) is 11.3 Å². The van der Waals surface area contributed by atoms with Gasteiger partial charge in [0, 0.05) is 26.2 Å². The second-order valence-electron chi connectivity index (χ2n) is 7.66. The van der Waals surface area contributed by atoms with Crippen LogP contribution in [0.25, 0.3) is 10.2 Å². The summed E-state index contributed by atoms with van der Waals surface area (Å²) in [7, 11) is 3.27. The van der Waals surface area contributed by atoms with Crippen LogP contribution in [0.4, 0.5) is 5.13 Å². The van der Waals surface area contributed by atoms with E-state index < -0.39 is 0 Å². The average molecular weight is 456 g/mol. The average Bonchev–Trinajstić information content (AvgIpc) is 3.27. The fourth-order valence-corrected chi connectivity index (χ4v) is 4.98. The first-order chi connectivity index (χ1) is 15.7. The topological polar surface area (TPSA) is 64.1 Å². The number of amides is 1. The normalized spacial score (nSPS) is 14.4. The van der Waals surface area contributed by atoms with E-state index in [2.05, 4.69) is 4.90 Å². The fourth-order valence-electron chi connectivity index (χ4n) is 3.86. The first-order valence-electron chi connectivity index (χ1n) is 10.9. The summed E-state index contributed by atoms with van der Waals surface area (Å²) in [6, 6.07) is 13.6. The van der Waals surface area contributed by atoms with Gasteiger partial charge in [-0.1, -0.05) is 41.7 Å². The van der Waals surface area contributed by atoms with Crippen molar-refractivity contribution >= 4 is 32.6 Å². The summed E-state index contributed by atoms with van der Waals surface area (Å²) in [5.74, 6) is 1.44. The summed E-state index contributed by atoms with van der Waals surface area (Å²) in [4.78, 5) is 22.4. The molecule has 0 spiro atoms. The zero-order valence-corrected chi connectivity index (χ0v) is 19.4. The van der Waals surface area contributed by atoms with E-state index in [-0.39, 0.29) is 5.91 Å². The molecule has 170 valence electrons. The third-order valence-corrected chi connectivity index (χ3v) is 6.68. The van der Waals surface area contributed by atoms with E-state index in [1.54, 1.807) is 14.2 Å². The highest BCUT2D eigenvalue weighted by Gasteiger charge is 2.23. The van der Waals surface area contributed by atoms with E-state index in [4.69, 9.17) is 19.2 Å². The number of carbonyl (C=O) groups excluding carboxylic acids is 1. The molecule has 0 aliphatic carbocycles. The van der Waals surface area contributed by atoms with Crippen molar-refractivity contribution in [2.45, 2.75) is 12.8 Å². The van der Waals surface area contributed by atoms with Crippen molar-refractivity contribution in [1.82, 2.24) is 9.88 Å². The Kier molecular flexibility index (Phi) is 7.57. The highest BCUT2D eigenvalue weighted by Crippen LogP contribution is 2.40. The van der Waals surface area contributed by atoms with Gasteiger partial charge in [0.1, 0.15) is 21.7 Å². The van der Waals surface area contributed by atoms with Crippen molar-refractivity contribution in [1.29, 1.82) is 0 Å². The van der Waals surface area contributed by atoms with Gasteiger partial charge in [-0.05, 0) is 24.1 Å². The molecule has 0 atom stereocenters. The highest BCUT2D eigenvalue weighted by atomic mass is 32.1. The molecule has 2 heterocycles. The van der Waals surface area contributed by atoms with Crippen molar-refractivity contribution in [2.75, 3.05) is 58.5 Å². The minimum atomic E-state index is 0.0372. The number of methoxy groups -OCH3 is 2. The Labute approximate surface area is 192 Å². The number of fused-ring (bicyclic) bond motifs is 1. The summed E-state index contributed by atoms with van der Waals surface area (Å²) in [6.45, 7) is 4.95. The standard InChI is InChI=1S/C24H29N3O4S/c1-29-19-9-10-20(30-2)23-22(19)25-24(32-23)27(12-6-11-26-13-15-31-16-14-26)21(28)17-18-7-4-3-5-8-18/h3-5,7-10H,6,11-17H2,1-2H3. The molecule has 0 bridgehead atoms. The molecule has 1 aliphatic rings. The maximum absolute atomic E-state index is 13.4. The zero-order chi connectivity index (χ0) is 22.3. The van der Waals surface area contributed by atoms with Gasteiger partial charge in [-0.3, -0.25) is 14.6 Å². The van der Waals surface area contributed by atoms with Gasteiger partial charge in [0.15, 0.2) is 5.13 Å². The molecule has 1 fully saturated rings. The Hall–Kier alpha value is -2.68. The van der Waals surface area contributed by atoms with E-state index >= 15 is 0 Å². The van der Waals surface area contributed by atoms with Crippen LogP contribution in [-0.2, 0) is 16.0 Å². The van der Waals surface area contributed by atoms with Gasteiger partial charge in [0.05, 0.1) is 33.9 Å². The Morgan fingerprint density at radius 1 is 1.09 bits per heavy atom. The first kappa shape index (κ1) is 22.5. The summed E-state index contributed by atoms with van der Waals surface area (Å²) in [5, 5.41) is 0.672. The maximum Gasteiger partial charge on any atom is 0.233 e. The molecule has 1 amide bonds. The summed E-state index contributed by atoms with van der Waals surface area (Å²) in [5.41, 5.74) is 1.71. The van der Waals surface area contributed by atoms with Gasteiger partial charge in [-0.25, -0.2) is 4.98 Å². The molecule has 2 aromatic carbocycles. The van der Waals surface area contributed by atoms with Gasteiger partial charge in [0.25, 0.3) is 0 Å². The lowest BCUT2D eigenvalue weighted by Crippen LogP contribution is -2.39. The highest BCUT2D eigenvalue weighted by molar-refractivity contribution is 7.22. The van der Waals surface area contributed by atoms with Crippen molar-refractivity contribution < 1.29 is 19.0 Å². The van der Waals surface area contributed by atoms with Crippen LogP contribution in [0.1, 0.15) is 12.0 Å². The van der Waals surface area contributed by atoms with Crippen LogP contribution in [0.2, 0.25) is 0 Å². The number of thiazole rings is 1. The number of morpholine rings is 1. The number of aromatic nitrogens is 1. The van der Waals surface area contributed by atoms with Gasteiger partial charge >= 0.3 is 0 Å². The number of nitrogens with zero attached hydrogens (tertiary/aromatic N) is 3. The lowest BCUT2D eigenvalue weighted by molar-refractivity contribution is -0.118. The van der Waals surface area contributed by atoms with E-state index in [0.29, 0.717) is 23.8 Å². The minimum Gasteiger partial charge on any atom is -0.495 e. The molecule has 4 rings (SSSR count). The molecule has 1 saturated heterocycles. The molecular formula is C24H29N3O4S. The summed E-state index contributed by atoms with van der Waals surface area (Å²) in [6.07, 6.45) is 1.20. The predicted octanol–water partition coefficient (Wildman–Crippen LogP) is 3.61. The zero-order valence-electron chi connectivity index (χ0n) is 18.6. The molecule has 0 saturated carbocycles. The van der Waals surface area contributed by atoms with E-state index in [1.807, 2.05) is 47.4 Å². The van der Waals surface area contributed by atoms with Crippen LogP contribution in [-0.4, -0.2) is 69.4 Å². The number of hydrogen-bond acceptors (Lipinski definition) is 7. The van der Waals surface area contributed by atoms with Crippen LogP contribution in [0.5, 0.6) is 11.5 Å². The molecule has 0 unspecified atom stereocenters. The molecule has 8 heteroatoms. The minimum absolute atomic E-state index is 0.0372. The second-order valence-corrected chi connectivity index (χ2v) is 8.64. The van der Waals surface area contributed by atoms with Gasteiger partial charge in [0.2, 0.25) is 5.91 Å². The molecule has 32 heavy (non-hydrogen) atoms. The number of rotatable bonds is 9. The Balaban J connectivity index is 1.59. The molecule has 0 N–H and O–H groups in total. The third-order valence-electron chi connectivity index (χ3n) is 5.59. The molecule has 7 nitrogen and oxygen atoms in total. The Morgan fingerprint density at radius 2 is 1.81 bits per heavy atom. The maximum atomic E-state index is 13.4. The Morgan fingerprint density at radius 3 is 2.53 bits per heavy atom. The van der Waals surface area contributed by atoms with Crippen LogP contribution >= 0.6 is 11.3 Å². The fraction of sp³-hybridized carbons (Fsp3) is 0.417. The summed E-state index contributed by atoms with van der Waals surface area (Å²) >= 11 is 1.47. The van der Waals surface area contributed by atoms with Gasteiger partial charge < -0.3 is 14.2 Å². The van der Waals surface area contributed by atoms with Crippen LogP contribution in [0, 0.1) is 0 Å². The SMILES string of the molecule is COc1ccc(OC)c2sc(N(CCCN3CCOCC3)C(=O)Cc3ccccc3)nc12. The van der Waals surface area contributed by atoms with Crippen molar-refractivity contribution in [3.05, 3.63) is 48.0 Å². The van der Waals surface area contributed by atoms with Gasteiger partial charge in [-0.2, -0.15) is 0 Å². The molecule has 1 aliphatic heterocycles. The number of anilines is 1. The largest absolute Gasteiger partial charge is 0.495 e.